The number of likely N-dealkylation sites (tertiary alicyclic amines) is 1. The predicted octanol–water partition coefficient (Wildman–Crippen LogP) is 2.77. The third-order valence-corrected chi connectivity index (χ3v) is 4.19. The monoisotopic (exact) mass is 337 g/mol. The van der Waals surface area contributed by atoms with Crippen molar-refractivity contribution in [3.63, 3.8) is 0 Å². The van der Waals surface area contributed by atoms with E-state index in [9.17, 15) is 14.4 Å². The molecule has 128 valence electrons. The van der Waals surface area contributed by atoms with Crippen molar-refractivity contribution >= 4 is 23.3 Å². The number of benzene rings is 1. The van der Waals surface area contributed by atoms with Gasteiger partial charge >= 0.3 is 0 Å². The van der Waals surface area contributed by atoms with E-state index < -0.39 is 0 Å². The van der Waals surface area contributed by atoms with Crippen molar-refractivity contribution in [2.75, 3.05) is 18.4 Å². The van der Waals surface area contributed by atoms with Gasteiger partial charge in [0.2, 0.25) is 0 Å². The highest BCUT2D eigenvalue weighted by atomic mass is 16.2. The van der Waals surface area contributed by atoms with Crippen LogP contribution in [0.2, 0.25) is 0 Å². The lowest BCUT2D eigenvalue weighted by atomic mass is 10.1. The first-order valence-corrected chi connectivity index (χ1v) is 8.21. The quantitative estimate of drug-likeness (QED) is 0.870. The Morgan fingerprint density at radius 1 is 0.960 bits per heavy atom. The van der Waals surface area contributed by atoms with Crippen LogP contribution < -0.4 is 5.32 Å². The number of hydrogen-bond donors (Lipinski definition) is 1. The van der Waals surface area contributed by atoms with E-state index in [1.54, 1.807) is 35.2 Å². The molecule has 6 heteroatoms. The number of nitrogens with one attached hydrogen (secondary N) is 1. The van der Waals surface area contributed by atoms with Crippen molar-refractivity contribution in [1.82, 2.24) is 9.88 Å². The average molecular weight is 337 g/mol. The van der Waals surface area contributed by atoms with Crippen LogP contribution in [0.25, 0.3) is 0 Å². The molecule has 0 spiro atoms. The summed E-state index contributed by atoms with van der Waals surface area (Å²) in [6, 6.07) is 8.21. The van der Waals surface area contributed by atoms with Gasteiger partial charge in [0.05, 0.1) is 11.1 Å². The smallest absolute Gasteiger partial charge is 0.257 e. The zero-order chi connectivity index (χ0) is 17.8. The second kappa shape index (κ2) is 7.25. The van der Waals surface area contributed by atoms with E-state index in [0.717, 1.165) is 25.9 Å². The molecule has 3 rings (SSSR count). The van der Waals surface area contributed by atoms with Gasteiger partial charge in [0, 0.05) is 36.7 Å². The molecular weight excluding hydrogens is 318 g/mol. The lowest BCUT2D eigenvalue weighted by molar-refractivity contribution is 0.0792. The van der Waals surface area contributed by atoms with Gasteiger partial charge in [-0.25, -0.2) is 0 Å². The van der Waals surface area contributed by atoms with Gasteiger partial charge in [-0.15, -0.1) is 0 Å². The zero-order valence-corrected chi connectivity index (χ0v) is 14.0. The van der Waals surface area contributed by atoms with E-state index >= 15 is 0 Å². The van der Waals surface area contributed by atoms with Crippen molar-refractivity contribution in [1.29, 1.82) is 0 Å². The number of pyridine rings is 1. The number of nitrogens with zero attached hydrogens (tertiary/aromatic N) is 2. The van der Waals surface area contributed by atoms with Gasteiger partial charge < -0.3 is 10.2 Å². The minimum absolute atomic E-state index is 0.0322. The number of Topliss-reactive ketones (excluding diaryl/α,β-unsaturated/α-hetero) is 1. The molecule has 0 saturated carbocycles. The summed E-state index contributed by atoms with van der Waals surface area (Å²) in [6.45, 7) is 2.98. The Morgan fingerprint density at radius 2 is 1.60 bits per heavy atom. The summed E-state index contributed by atoms with van der Waals surface area (Å²) in [7, 11) is 0. The van der Waals surface area contributed by atoms with E-state index in [1.165, 1.54) is 19.3 Å². The average Bonchev–Trinajstić information content (AvgIpc) is 3.16. The molecule has 1 saturated heterocycles. The molecule has 0 radical (unpaired) electrons. The molecule has 2 aromatic rings. The first-order valence-electron chi connectivity index (χ1n) is 8.21. The number of aromatic nitrogens is 1. The van der Waals surface area contributed by atoms with E-state index in [-0.39, 0.29) is 17.6 Å². The van der Waals surface area contributed by atoms with Gasteiger partial charge in [0.25, 0.3) is 11.8 Å². The third-order valence-electron chi connectivity index (χ3n) is 4.19. The number of amides is 2. The van der Waals surface area contributed by atoms with Gasteiger partial charge in [0.15, 0.2) is 5.78 Å². The minimum atomic E-state index is -0.348. The van der Waals surface area contributed by atoms with E-state index in [1.807, 2.05) is 0 Å². The molecule has 1 N–H and O–H groups in total. The molecule has 1 aromatic heterocycles. The highest BCUT2D eigenvalue weighted by Crippen LogP contribution is 2.15. The van der Waals surface area contributed by atoms with Crippen LogP contribution in [-0.4, -0.2) is 40.6 Å². The second-order valence-corrected chi connectivity index (χ2v) is 6.05. The van der Waals surface area contributed by atoms with Gasteiger partial charge in [-0.2, -0.15) is 0 Å². The van der Waals surface area contributed by atoms with Crippen molar-refractivity contribution in [3.05, 3.63) is 59.4 Å². The largest absolute Gasteiger partial charge is 0.339 e. The van der Waals surface area contributed by atoms with Crippen LogP contribution in [0.15, 0.2) is 42.7 Å². The first-order chi connectivity index (χ1) is 12.0. The summed E-state index contributed by atoms with van der Waals surface area (Å²) >= 11 is 0. The number of hydrogen-bond acceptors (Lipinski definition) is 4. The van der Waals surface area contributed by atoms with E-state index in [0.29, 0.717) is 22.4 Å². The molecule has 1 aromatic carbocycles. The highest BCUT2D eigenvalue weighted by Gasteiger charge is 2.20. The Labute approximate surface area is 145 Å². The topological polar surface area (TPSA) is 79.4 Å². The molecule has 6 nitrogen and oxygen atoms in total. The van der Waals surface area contributed by atoms with E-state index in [4.69, 9.17) is 0 Å². The Morgan fingerprint density at radius 3 is 2.24 bits per heavy atom. The third kappa shape index (κ3) is 3.91. The molecule has 0 aliphatic carbocycles. The number of carbonyl (C=O) groups is 3. The zero-order valence-electron chi connectivity index (χ0n) is 14.0. The van der Waals surface area contributed by atoms with Gasteiger partial charge in [-0.3, -0.25) is 19.4 Å². The summed E-state index contributed by atoms with van der Waals surface area (Å²) in [5.74, 6) is -0.472. The number of carbonyl (C=O) groups excluding carboxylic acids is 3. The van der Waals surface area contributed by atoms with Gasteiger partial charge in [0.1, 0.15) is 0 Å². The second-order valence-electron chi connectivity index (χ2n) is 6.05. The SMILES string of the molecule is CC(=O)c1ccc(NC(=O)c2cncc(C(=O)N3CCCC3)c2)cc1. The summed E-state index contributed by atoms with van der Waals surface area (Å²) in [5.41, 5.74) is 1.89. The maximum atomic E-state index is 12.4. The molecule has 2 amide bonds. The van der Waals surface area contributed by atoms with Crippen LogP contribution in [0.3, 0.4) is 0 Å². The lowest BCUT2D eigenvalue weighted by Crippen LogP contribution is -2.28. The summed E-state index contributed by atoms with van der Waals surface area (Å²) in [6.07, 6.45) is 4.93. The molecule has 25 heavy (non-hydrogen) atoms. The standard InChI is InChI=1S/C19H19N3O3/c1-13(23)14-4-6-17(7-5-14)21-18(24)15-10-16(12-20-11-15)19(25)22-8-2-3-9-22/h4-7,10-12H,2-3,8-9H2,1H3,(H,21,24). The normalized spacial score (nSPS) is 13.6. The Bertz CT molecular complexity index is 809. The van der Waals surface area contributed by atoms with Gasteiger partial charge in [-0.05, 0) is 50.1 Å². The fourth-order valence-corrected chi connectivity index (χ4v) is 2.78. The van der Waals surface area contributed by atoms with Crippen molar-refractivity contribution in [3.8, 4) is 0 Å². The molecule has 1 fully saturated rings. The Kier molecular flexibility index (Phi) is 4.88. The Balaban J connectivity index is 1.72. The molecule has 2 heterocycles. The lowest BCUT2D eigenvalue weighted by Gasteiger charge is -2.15. The molecule has 1 aliphatic heterocycles. The van der Waals surface area contributed by atoms with Crippen molar-refractivity contribution in [2.24, 2.45) is 0 Å². The Hall–Kier alpha value is -3.02. The van der Waals surface area contributed by atoms with Crippen LogP contribution in [-0.2, 0) is 0 Å². The highest BCUT2D eigenvalue weighted by molar-refractivity contribution is 6.06. The molecule has 0 bridgehead atoms. The fraction of sp³-hybridized carbons (Fsp3) is 0.263. The minimum Gasteiger partial charge on any atom is -0.339 e. The van der Waals surface area contributed by atoms with Crippen LogP contribution in [0.5, 0.6) is 0 Å². The van der Waals surface area contributed by atoms with Crippen LogP contribution in [0.1, 0.15) is 50.8 Å². The van der Waals surface area contributed by atoms with Crippen LogP contribution >= 0.6 is 0 Å². The summed E-state index contributed by atoms with van der Waals surface area (Å²) < 4.78 is 0. The predicted molar refractivity (Wildman–Crippen MR) is 93.8 cm³/mol. The number of anilines is 1. The first kappa shape index (κ1) is 16.8. The summed E-state index contributed by atoms with van der Waals surface area (Å²) in [4.78, 5) is 41.9. The van der Waals surface area contributed by atoms with Crippen LogP contribution in [0.4, 0.5) is 5.69 Å². The van der Waals surface area contributed by atoms with Crippen molar-refractivity contribution in [2.45, 2.75) is 19.8 Å². The van der Waals surface area contributed by atoms with E-state index in [2.05, 4.69) is 10.3 Å². The number of rotatable bonds is 4. The molecular formula is C19H19N3O3. The fourth-order valence-electron chi connectivity index (χ4n) is 2.78. The number of ketones is 1. The maximum absolute atomic E-state index is 12.4. The van der Waals surface area contributed by atoms with Crippen LogP contribution in [0, 0.1) is 0 Å². The van der Waals surface area contributed by atoms with Crippen molar-refractivity contribution < 1.29 is 14.4 Å². The maximum Gasteiger partial charge on any atom is 0.257 e. The summed E-state index contributed by atoms with van der Waals surface area (Å²) in [5, 5.41) is 2.74. The molecule has 0 atom stereocenters. The molecule has 1 aliphatic rings. The van der Waals surface area contributed by atoms with Gasteiger partial charge in [-0.1, -0.05) is 0 Å². The molecule has 0 unspecified atom stereocenters.